The van der Waals surface area contributed by atoms with Crippen LogP contribution in [0.2, 0.25) is 0 Å². The zero-order valence-electron chi connectivity index (χ0n) is 17.8. The van der Waals surface area contributed by atoms with E-state index in [-0.39, 0.29) is 11.7 Å². The van der Waals surface area contributed by atoms with Gasteiger partial charge in [0.15, 0.2) is 5.69 Å². The number of aromatic nitrogens is 4. The number of carbonyl (C=O) groups excluding carboxylic acids is 1. The molecule has 1 amide bonds. The molecule has 0 N–H and O–H groups in total. The lowest BCUT2D eigenvalue weighted by Gasteiger charge is -2.23. The maximum absolute atomic E-state index is 13.3. The fourth-order valence-electron chi connectivity index (χ4n) is 4.23. The fraction of sp³-hybridized carbons (Fsp3) is 0.250. The molecule has 5 rings (SSSR count). The SMILES string of the molecule is Cc1c(C(=O)N2CCCN(c3ccc(F)cc3)CC2)nnn1-c1cccc2cnccc12. The summed E-state index contributed by atoms with van der Waals surface area (Å²) in [6, 6.07) is 14.3. The Bertz CT molecular complexity index is 1260. The van der Waals surface area contributed by atoms with Crippen LogP contribution in [0.15, 0.2) is 60.9 Å². The van der Waals surface area contributed by atoms with Crippen LogP contribution in [0.3, 0.4) is 0 Å². The second-order valence-corrected chi connectivity index (χ2v) is 7.92. The zero-order valence-corrected chi connectivity index (χ0v) is 17.8. The molecule has 0 radical (unpaired) electrons. The van der Waals surface area contributed by atoms with E-state index in [0.717, 1.165) is 35.1 Å². The zero-order chi connectivity index (χ0) is 22.1. The van der Waals surface area contributed by atoms with Gasteiger partial charge in [-0.25, -0.2) is 9.07 Å². The van der Waals surface area contributed by atoms with E-state index in [2.05, 4.69) is 20.2 Å². The molecule has 0 spiro atoms. The van der Waals surface area contributed by atoms with Crippen LogP contribution >= 0.6 is 0 Å². The quantitative estimate of drug-likeness (QED) is 0.497. The Hall–Kier alpha value is -3.81. The van der Waals surface area contributed by atoms with Crippen LogP contribution in [-0.4, -0.2) is 57.0 Å². The second kappa shape index (κ2) is 8.37. The average Bonchev–Trinajstić information content (AvgIpc) is 3.03. The van der Waals surface area contributed by atoms with Gasteiger partial charge in [-0.05, 0) is 49.7 Å². The molecule has 1 aliphatic heterocycles. The Labute approximate surface area is 185 Å². The predicted octanol–water partition coefficient (Wildman–Crippen LogP) is 3.62. The molecular weight excluding hydrogens is 407 g/mol. The lowest BCUT2D eigenvalue weighted by molar-refractivity contribution is 0.0760. The first kappa shape index (κ1) is 20.1. The van der Waals surface area contributed by atoms with Gasteiger partial charge in [-0.15, -0.1) is 5.10 Å². The number of anilines is 1. The topological polar surface area (TPSA) is 67.2 Å². The molecular formula is C24H23FN6O. The van der Waals surface area contributed by atoms with Gasteiger partial charge >= 0.3 is 0 Å². The minimum absolute atomic E-state index is 0.114. The summed E-state index contributed by atoms with van der Waals surface area (Å²) in [5.41, 5.74) is 2.91. The highest BCUT2D eigenvalue weighted by atomic mass is 19.1. The van der Waals surface area contributed by atoms with Crippen LogP contribution in [0.25, 0.3) is 16.5 Å². The van der Waals surface area contributed by atoms with Crippen LogP contribution in [0, 0.1) is 12.7 Å². The number of hydrogen-bond acceptors (Lipinski definition) is 5. The first-order chi connectivity index (χ1) is 15.6. The third kappa shape index (κ3) is 3.68. The number of carbonyl (C=O) groups is 1. The minimum Gasteiger partial charge on any atom is -0.370 e. The Morgan fingerprint density at radius 1 is 1.00 bits per heavy atom. The van der Waals surface area contributed by atoms with Crippen LogP contribution < -0.4 is 4.90 Å². The van der Waals surface area contributed by atoms with Crippen molar-refractivity contribution in [3.63, 3.8) is 0 Å². The number of nitrogens with zero attached hydrogens (tertiary/aromatic N) is 6. The van der Waals surface area contributed by atoms with E-state index in [1.165, 1.54) is 12.1 Å². The van der Waals surface area contributed by atoms with Crippen LogP contribution in [0.5, 0.6) is 0 Å². The molecule has 1 aliphatic rings. The molecule has 0 saturated carbocycles. The average molecular weight is 430 g/mol. The summed E-state index contributed by atoms with van der Waals surface area (Å²) in [6.45, 7) is 4.58. The number of hydrogen-bond donors (Lipinski definition) is 0. The molecule has 0 bridgehead atoms. The molecule has 0 atom stereocenters. The standard InChI is InChI=1S/C24H23FN6O/c1-17-23(27-28-31(17)22-5-2-4-18-16-26-11-10-21(18)22)24(32)30-13-3-12-29(14-15-30)20-8-6-19(25)7-9-20/h2,4-11,16H,3,12-15H2,1H3. The van der Waals surface area contributed by atoms with E-state index < -0.39 is 0 Å². The monoisotopic (exact) mass is 430 g/mol. The molecule has 32 heavy (non-hydrogen) atoms. The van der Waals surface area contributed by atoms with Gasteiger partial charge in [-0.1, -0.05) is 17.3 Å². The molecule has 162 valence electrons. The van der Waals surface area contributed by atoms with Crippen LogP contribution in [-0.2, 0) is 0 Å². The lowest BCUT2D eigenvalue weighted by Crippen LogP contribution is -2.35. The van der Waals surface area contributed by atoms with Gasteiger partial charge in [0.2, 0.25) is 0 Å². The van der Waals surface area contributed by atoms with Gasteiger partial charge < -0.3 is 9.80 Å². The highest BCUT2D eigenvalue weighted by Crippen LogP contribution is 2.23. The van der Waals surface area contributed by atoms with Crippen molar-refractivity contribution in [2.24, 2.45) is 0 Å². The van der Waals surface area contributed by atoms with Crippen molar-refractivity contribution in [1.29, 1.82) is 0 Å². The molecule has 0 aliphatic carbocycles. The third-order valence-corrected chi connectivity index (χ3v) is 5.96. The Balaban J connectivity index is 1.37. The fourth-order valence-corrected chi connectivity index (χ4v) is 4.23. The summed E-state index contributed by atoms with van der Waals surface area (Å²) in [5, 5.41) is 10.5. The highest BCUT2D eigenvalue weighted by Gasteiger charge is 2.25. The van der Waals surface area contributed by atoms with Crippen molar-refractivity contribution in [1.82, 2.24) is 24.9 Å². The number of amides is 1. The number of pyridine rings is 1. The summed E-state index contributed by atoms with van der Waals surface area (Å²) < 4.78 is 15.0. The maximum Gasteiger partial charge on any atom is 0.276 e. The summed E-state index contributed by atoms with van der Waals surface area (Å²) >= 11 is 0. The van der Waals surface area contributed by atoms with E-state index >= 15 is 0 Å². The van der Waals surface area contributed by atoms with Gasteiger partial charge in [-0.2, -0.15) is 0 Å². The third-order valence-electron chi connectivity index (χ3n) is 5.96. The summed E-state index contributed by atoms with van der Waals surface area (Å²) in [6.07, 6.45) is 4.38. The lowest BCUT2D eigenvalue weighted by atomic mass is 10.1. The van der Waals surface area contributed by atoms with Crippen molar-refractivity contribution in [2.75, 3.05) is 31.1 Å². The smallest absolute Gasteiger partial charge is 0.276 e. The highest BCUT2D eigenvalue weighted by molar-refractivity contribution is 5.94. The predicted molar refractivity (Wildman–Crippen MR) is 121 cm³/mol. The number of halogens is 1. The molecule has 4 aromatic rings. The van der Waals surface area contributed by atoms with E-state index in [4.69, 9.17) is 0 Å². The van der Waals surface area contributed by atoms with E-state index in [1.54, 1.807) is 29.2 Å². The Morgan fingerprint density at radius 2 is 1.84 bits per heavy atom. The van der Waals surface area contributed by atoms with Crippen LogP contribution in [0.1, 0.15) is 22.6 Å². The molecule has 1 fully saturated rings. The van der Waals surface area contributed by atoms with Crippen molar-refractivity contribution in [2.45, 2.75) is 13.3 Å². The Morgan fingerprint density at radius 3 is 2.69 bits per heavy atom. The Kier molecular flexibility index (Phi) is 5.26. The molecule has 0 unspecified atom stereocenters. The first-order valence-corrected chi connectivity index (χ1v) is 10.7. The van der Waals surface area contributed by atoms with Gasteiger partial charge in [0.05, 0.1) is 11.4 Å². The number of rotatable bonds is 3. The number of benzene rings is 2. The van der Waals surface area contributed by atoms with Gasteiger partial charge in [0, 0.05) is 55.0 Å². The molecule has 1 saturated heterocycles. The van der Waals surface area contributed by atoms with Gasteiger partial charge in [0.1, 0.15) is 5.82 Å². The van der Waals surface area contributed by atoms with E-state index in [1.807, 2.05) is 36.1 Å². The van der Waals surface area contributed by atoms with Gasteiger partial charge in [0.25, 0.3) is 5.91 Å². The maximum atomic E-state index is 13.3. The van der Waals surface area contributed by atoms with Crippen molar-refractivity contribution < 1.29 is 9.18 Å². The molecule has 8 heteroatoms. The largest absolute Gasteiger partial charge is 0.370 e. The minimum atomic E-state index is -0.249. The van der Waals surface area contributed by atoms with Crippen molar-refractivity contribution in [3.8, 4) is 5.69 Å². The summed E-state index contributed by atoms with van der Waals surface area (Å²) in [5.74, 6) is -0.363. The molecule has 3 heterocycles. The molecule has 7 nitrogen and oxygen atoms in total. The second-order valence-electron chi connectivity index (χ2n) is 7.92. The van der Waals surface area contributed by atoms with Crippen molar-refractivity contribution >= 4 is 22.4 Å². The molecule has 2 aromatic heterocycles. The summed E-state index contributed by atoms with van der Waals surface area (Å²) in [4.78, 5) is 21.5. The van der Waals surface area contributed by atoms with E-state index in [0.29, 0.717) is 31.0 Å². The first-order valence-electron chi connectivity index (χ1n) is 10.7. The van der Waals surface area contributed by atoms with E-state index in [9.17, 15) is 9.18 Å². The molecule has 2 aromatic carbocycles. The van der Waals surface area contributed by atoms with Crippen molar-refractivity contribution in [3.05, 3.63) is 78.1 Å². The number of fused-ring (bicyclic) bond motifs is 1. The normalized spacial score (nSPS) is 14.6. The van der Waals surface area contributed by atoms with Gasteiger partial charge in [-0.3, -0.25) is 9.78 Å². The van der Waals surface area contributed by atoms with Crippen LogP contribution in [0.4, 0.5) is 10.1 Å². The summed E-state index contributed by atoms with van der Waals surface area (Å²) in [7, 11) is 0.